The number of ether oxygens (including phenoxy) is 1. The average molecular weight is 503 g/mol. The lowest BCUT2D eigenvalue weighted by atomic mass is 9.81. The van der Waals surface area contributed by atoms with Crippen LogP contribution in [0.5, 0.6) is 5.75 Å². The van der Waals surface area contributed by atoms with Gasteiger partial charge >= 0.3 is 0 Å². The number of rotatable bonds is 11. The van der Waals surface area contributed by atoms with Crippen molar-refractivity contribution in [1.82, 2.24) is 9.88 Å². The van der Waals surface area contributed by atoms with Crippen LogP contribution in [0.15, 0.2) is 30.5 Å². The van der Waals surface area contributed by atoms with E-state index >= 15 is 4.39 Å². The Bertz CT molecular complexity index is 905. The van der Waals surface area contributed by atoms with E-state index in [2.05, 4.69) is 21.6 Å². The lowest BCUT2D eigenvalue weighted by molar-refractivity contribution is 0.0640. The first-order valence-corrected chi connectivity index (χ1v) is 14.7. The van der Waals surface area contributed by atoms with Gasteiger partial charge in [-0.1, -0.05) is 25.7 Å². The van der Waals surface area contributed by atoms with Gasteiger partial charge in [0.25, 0.3) is 0 Å². The van der Waals surface area contributed by atoms with Gasteiger partial charge in [0.1, 0.15) is 11.9 Å². The molecule has 1 saturated heterocycles. The fourth-order valence-electron chi connectivity index (χ4n) is 5.96. The van der Waals surface area contributed by atoms with Crippen molar-refractivity contribution in [1.29, 1.82) is 0 Å². The highest BCUT2D eigenvalue weighted by Crippen LogP contribution is 2.35. The molecule has 1 aromatic heterocycles. The largest absolute Gasteiger partial charge is 0.497 e. The van der Waals surface area contributed by atoms with Gasteiger partial charge in [0, 0.05) is 30.0 Å². The zero-order valence-corrected chi connectivity index (χ0v) is 22.2. The summed E-state index contributed by atoms with van der Waals surface area (Å²) in [4.78, 5) is 6.91. The minimum atomic E-state index is -1.04. The Balaban J connectivity index is 1.23. The smallest absolute Gasteiger partial charge is 0.126 e. The van der Waals surface area contributed by atoms with E-state index in [0.29, 0.717) is 17.9 Å². The second kappa shape index (κ2) is 13.8. The summed E-state index contributed by atoms with van der Waals surface area (Å²) < 4.78 is 20.7. The number of halogens is 1. The molecule has 3 atom stereocenters. The topological polar surface area (TPSA) is 45.6 Å². The van der Waals surface area contributed by atoms with Crippen LogP contribution in [0.1, 0.15) is 75.9 Å². The first-order valence-electron chi connectivity index (χ1n) is 13.7. The quantitative estimate of drug-likeness (QED) is 0.270. The average Bonchev–Trinajstić information content (AvgIpc) is 3.18. The molecule has 2 aromatic rings. The van der Waals surface area contributed by atoms with E-state index in [1.54, 1.807) is 19.4 Å². The van der Waals surface area contributed by atoms with Crippen LogP contribution in [0.25, 0.3) is 10.9 Å². The highest BCUT2D eigenvalue weighted by atomic mass is 32.2. The maximum Gasteiger partial charge on any atom is 0.126 e. The van der Waals surface area contributed by atoms with E-state index in [-0.39, 0.29) is 12.5 Å². The summed E-state index contributed by atoms with van der Waals surface area (Å²) >= 11 is 2.19. The third-order valence-corrected chi connectivity index (χ3v) is 9.56. The zero-order chi connectivity index (χ0) is 24.5. The van der Waals surface area contributed by atoms with Crippen LogP contribution >= 0.6 is 11.8 Å². The minimum Gasteiger partial charge on any atom is -0.497 e. The van der Waals surface area contributed by atoms with Crippen molar-refractivity contribution in [2.45, 2.75) is 75.6 Å². The molecule has 1 unspecified atom stereocenters. The molecule has 35 heavy (non-hydrogen) atoms. The molecule has 6 heteroatoms. The first kappa shape index (κ1) is 26.7. The van der Waals surface area contributed by atoms with Crippen molar-refractivity contribution in [3.8, 4) is 5.75 Å². The number of alkyl halides is 1. The van der Waals surface area contributed by atoms with E-state index in [4.69, 9.17) is 4.74 Å². The summed E-state index contributed by atoms with van der Waals surface area (Å²) in [7, 11) is 1.63. The molecule has 2 aliphatic rings. The Labute approximate surface area is 215 Å². The van der Waals surface area contributed by atoms with Crippen LogP contribution in [-0.2, 0) is 0 Å². The predicted molar refractivity (Wildman–Crippen MR) is 145 cm³/mol. The van der Waals surface area contributed by atoms with Gasteiger partial charge < -0.3 is 14.7 Å². The number of aliphatic hydroxyl groups excluding tert-OH is 1. The molecule has 4 nitrogen and oxygen atoms in total. The third-order valence-electron chi connectivity index (χ3n) is 8.10. The van der Waals surface area contributed by atoms with Gasteiger partial charge in [0.15, 0.2) is 0 Å². The predicted octanol–water partition coefficient (Wildman–Crippen LogP) is 6.81. The summed E-state index contributed by atoms with van der Waals surface area (Å²) in [5.41, 5.74) is 1.49. The number of aromatic nitrogens is 1. The molecule has 1 saturated carbocycles. The number of hydrogen-bond acceptors (Lipinski definition) is 5. The van der Waals surface area contributed by atoms with Gasteiger partial charge in [-0.05, 0) is 99.0 Å². The van der Waals surface area contributed by atoms with E-state index in [0.717, 1.165) is 54.4 Å². The van der Waals surface area contributed by atoms with Crippen molar-refractivity contribution in [2.75, 3.05) is 39.1 Å². The van der Waals surface area contributed by atoms with Gasteiger partial charge in [-0.25, -0.2) is 4.39 Å². The number of nitrogens with zero attached hydrogens (tertiary/aromatic N) is 2. The van der Waals surface area contributed by atoms with Gasteiger partial charge in [-0.3, -0.25) is 4.98 Å². The Hall–Kier alpha value is -1.37. The molecule has 1 aliphatic heterocycles. The summed E-state index contributed by atoms with van der Waals surface area (Å²) in [6, 6.07) is 7.43. The van der Waals surface area contributed by atoms with Crippen LogP contribution in [0, 0.1) is 11.8 Å². The van der Waals surface area contributed by atoms with E-state index in [1.165, 1.54) is 50.7 Å². The molecule has 1 aromatic carbocycles. The van der Waals surface area contributed by atoms with Crippen LogP contribution in [0.2, 0.25) is 0 Å². The Morgan fingerprint density at radius 1 is 1.14 bits per heavy atom. The van der Waals surface area contributed by atoms with Crippen LogP contribution in [-0.4, -0.2) is 59.3 Å². The number of piperidine rings is 1. The number of methoxy groups -OCH3 is 1. The lowest BCUT2D eigenvalue weighted by Crippen LogP contribution is -2.42. The molecule has 2 fully saturated rings. The number of hydrogen-bond donors (Lipinski definition) is 1. The number of fused-ring (bicyclic) bond motifs is 1. The molecule has 0 bridgehead atoms. The summed E-state index contributed by atoms with van der Waals surface area (Å²) in [6.07, 6.45) is 12.7. The zero-order valence-electron chi connectivity index (χ0n) is 21.3. The molecular weight excluding hydrogens is 459 g/mol. The molecule has 0 spiro atoms. The molecule has 0 radical (unpaired) electrons. The third kappa shape index (κ3) is 7.56. The molecule has 1 N–H and O–H groups in total. The van der Waals surface area contributed by atoms with Gasteiger partial charge in [-0.15, -0.1) is 0 Å². The lowest BCUT2D eigenvalue weighted by Gasteiger charge is -2.38. The normalized spacial score (nSPS) is 23.3. The highest BCUT2D eigenvalue weighted by molar-refractivity contribution is 7.99. The summed E-state index contributed by atoms with van der Waals surface area (Å²) in [6.45, 7) is 3.34. The van der Waals surface area contributed by atoms with Gasteiger partial charge in [0.05, 0.1) is 12.6 Å². The second-order valence-electron chi connectivity index (χ2n) is 10.5. The number of benzene rings is 1. The van der Waals surface area contributed by atoms with E-state index in [1.807, 2.05) is 18.2 Å². The van der Waals surface area contributed by atoms with Gasteiger partial charge in [0.2, 0.25) is 0 Å². The summed E-state index contributed by atoms with van der Waals surface area (Å²) in [5, 5.41) is 11.8. The first-order chi connectivity index (χ1) is 17.2. The molecule has 4 rings (SSSR count). The van der Waals surface area contributed by atoms with Crippen LogP contribution < -0.4 is 4.74 Å². The standard InChI is InChI=1S/C29H43FN2O2S/c1-34-24-10-12-29-27(19-24)26(13-15-31-29)28(30)11-9-22-14-17-32(20-23(22)21-33)16-6-18-35-25-7-4-2-3-5-8-25/h10,12-13,15,19,22-23,25,28,33H,2-9,11,14,16-18,20-21H2,1H3/t22-,23-,28?/m1/s1. The monoisotopic (exact) mass is 502 g/mol. The number of thioether (sulfide) groups is 1. The Morgan fingerprint density at radius 3 is 2.74 bits per heavy atom. The molecule has 194 valence electrons. The fourth-order valence-corrected chi connectivity index (χ4v) is 7.25. The van der Waals surface area contributed by atoms with Crippen molar-refractivity contribution in [3.63, 3.8) is 0 Å². The molecule has 1 aliphatic carbocycles. The van der Waals surface area contributed by atoms with Gasteiger partial charge in [-0.2, -0.15) is 11.8 Å². The maximum absolute atomic E-state index is 15.4. The van der Waals surface area contributed by atoms with Crippen molar-refractivity contribution < 1.29 is 14.2 Å². The van der Waals surface area contributed by atoms with Crippen molar-refractivity contribution >= 4 is 22.7 Å². The van der Waals surface area contributed by atoms with Crippen molar-refractivity contribution in [2.24, 2.45) is 11.8 Å². The minimum absolute atomic E-state index is 0.199. The van der Waals surface area contributed by atoms with Crippen molar-refractivity contribution in [3.05, 3.63) is 36.0 Å². The highest BCUT2D eigenvalue weighted by Gasteiger charge is 2.29. The van der Waals surface area contributed by atoms with Crippen LogP contribution in [0.4, 0.5) is 4.39 Å². The Kier molecular flexibility index (Phi) is 10.5. The fraction of sp³-hybridized carbons (Fsp3) is 0.690. The second-order valence-corrected chi connectivity index (χ2v) is 11.9. The number of aliphatic hydroxyl groups is 1. The number of pyridine rings is 1. The Morgan fingerprint density at radius 2 is 1.97 bits per heavy atom. The van der Waals surface area contributed by atoms with E-state index in [9.17, 15) is 5.11 Å². The molecule has 2 heterocycles. The number of likely N-dealkylation sites (tertiary alicyclic amines) is 1. The molecular formula is C29H43FN2O2S. The SMILES string of the molecule is COc1ccc2nccc(C(F)CC[C@@H]3CCN(CCCSC4CCCCCC4)C[C@@H]3CO)c2c1. The molecule has 0 amide bonds. The van der Waals surface area contributed by atoms with E-state index < -0.39 is 6.17 Å². The maximum atomic E-state index is 15.4. The van der Waals surface area contributed by atoms with Crippen LogP contribution in [0.3, 0.4) is 0 Å². The summed E-state index contributed by atoms with van der Waals surface area (Å²) in [5.74, 6) is 2.61.